The van der Waals surface area contributed by atoms with Crippen LogP contribution >= 0.6 is 0 Å². The van der Waals surface area contributed by atoms with E-state index in [0.29, 0.717) is 6.10 Å². The van der Waals surface area contributed by atoms with Gasteiger partial charge in [0.2, 0.25) is 0 Å². The highest BCUT2D eigenvalue weighted by atomic mass is 16.5. The van der Waals surface area contributed by atoms with Crippen molar-refractivity contribution < 1.29 is 4.74 Å². The molecule has 1 saturated heterocycles. The van der Waals surface area contributed by atoms with Crippen LogP contribution in [0.25, 0.3) is 0 Å². The molecule has 17 heavy (non-hydrogen) atoms. The zero-order chi connectivity index (χ0) is 11.9. The van der Waals surface area contributed by atoms with E-state index in [4.69, 9.17) is 4.74 Å². The van der Waals surface area contributed by atoms with Gasteiger partial charge in [0.1, 0.15) is 0 Å². The molecule has 3 atom stereocenters. The van der Waals surface area contributed by atoms with Crippen LogP contribution in [0.3, 0.4) is 0 Å². The van der Waals surface area contributed by atoms with Crippen molar-refractivity contribution in [3.05, 3.63) is 0 Å². The van der Waals surface area contributed by atoms with Crippen LogP contribution in [0.1, 0.15) is 64.7 Å². The minimum atomic E-state index is 0.504. The average molecular weight is 239 g/mol. The van der Waals surface area contributed by atoms with Gasteiger partial charge in [-0.2, -0.15) is 0 Å². The molecule has 0 aromatic heterocycles. The molecule has 1 aliphatic heterocycles. The van der Waals surface area contributed by atoms with Crippen molar-refractivity contribution in [1.29, 1.82) is 0 Å². The molecule has 0 spiro atoms. The summed E-state index contributed by atoms with van der Waals surface area (Å²) in [5.74, 6) is 1.01. The second kappa shape index (κ2) is 7.38. The molecule has 0 radical (unpaired) electrons. The normalized spacial score (nSPS) is 34.8. The Labute approximate surface area is 107 Å². The third-order valence-electron chi connectivity index (χ3n) is 4.44. The van der Waals surface area contributed by atoms with Gasteiger partial charge in [0.15, 0.2) is 0 Å². The van der Waals surface area contributed by atoms with E-state index in [1.54, 1.807) is 0 Å². The van der Waals surface area contributed by atoms with Gasteiger partial charge in [-0.3, -0.25) is 0 Å². The highest BCUT2D eigenvalue weighted by molar-refractivity contribution is 4.77. The van der Waals surface area contributed by atoms with E-state index in [2.05, 4.69) is 12.2 Å². The maximum absolute atomic E-state index is 5.67. The van der Waals surface area contributed by atoms with Gasteiger partial charge in [-0.25, -0.2) is 0 Å². The first-order chi connectivity index (χ1) is 8.38. The van der Waals surface area contributed by atoms with Gasteiger partial charge < -0.3 is 10.1 Å². The van der Waals surface area contributed by atoms with Crippen molar-refractivity contribution in [3.63, 3.8) is 0 Å². The minimum Gasteiger partial charge on any atom is -0.377 e. The monoisotopic (exact) mass is 239 g/mol. The quantitative estimate of drug-likeness (QED) is 0.741. The summed E-state index contributed by atoms with van der Waals surface area (Å²) in [7, 11) is 0. The lowest BCUT2D eigenvalue weighted by Gasteiger charge is -2.19. The first kappa shape index (κ1) is 13.4. The van der Waals surface area contributed by atoms with E-state index in [0.717, 1.165) is 25.1 Å². The lowest BCUT2D eigenvalue weighted by atomic mass is 9.95. The zero-order valence-corrected chi connectivity index (χ0v) is 11.4. The van der Waals surface area contributed by atoms with Crippen LogP contribution in [-0.4, -0.2) is 25.3 Å². The minimum absolute atomic E-state index is 0.504. The van der Waals surface area contributed by atoms with Gasteiger partial charge in [0.25, 0.3) is 0 Å². The average Bonchev–Trinajstić information content (AvgIpc) is 2.75. The Morgan fingerprint density at radius 1 is 1.06 bits per heavy atom. The summed E-state index contributed by atoms with van der Waals surface area (Å²) in [4.78, 5) is 0. The number of ether oxygens (including phenoxy) is 1. The van der Waals surface area contributed by atoms with Gasteiger partial charge in [-0.05, 0) is 38.0 Å². The van der Waals surface area contributed by atoms with Gasteiger partial charge in [-0.1, -0.05) is 32.6 Å². The maximum Gasteiger partial charge on any atom is 0.0700 e. The van der Waals surface area contributed by atoms with E-state index in [9.17, 15) is 0 Å². The lowest BCUT2D eigenvalue weighted by Crippen LogP contribution is -2.35. The number of hydrogen-bond acceptors (Lipinski definition) is 2. The molecule has 2 aliphatic rings. The molecule has 1 saturated carbocycles. The summed E-state index contributed by atoms with van der Waals surface area (Å²) >= 11 is 0. The molecular formula is C15H29NO. The number of nitrogens with one attached hydrogen (secondary N) is 1. The van der Waals surface area contributed by atoms with E-state index >= 15 is 0 Å². The Morgan fingerprint density at radius 3 is 2.76 bits per heavy atom. The fourth-order valence-electron chi connectivity index (χ4n) is 3.38. The molecule has 100 valence electrons. The molecule has 1 heterocycles. The smallest absolute Gasteiger partial charge is 0.0700 e. The van der Waals surface area contributed by atoms with E-state index in [1.165, 1.54) is 57.8 Å². The molecule has 3 unspecified atom stereocenters. The van der Waals surface area contributed by atoms with Crippen molar-refractivity contribution in [2.24, 2.45) is 5.92 Å². The molecular weight excluding hydrogens is 210 g/mol. The Bertz CT molecular complexity index is 201. The third kappa shape index (κ3) is 4.59. The molecule has 0 amide bonds. The van der Waals surface area contributed by atoms with Gasteiger partial charge in [-0.15, -0.1) is 0 Å². The molecule has 0 aromatic carbocycles. The van der Waals surface area contributed by atoms with Crippen molar-refractivity contribution in [3.8, 4) is 0 Å². The van der Waals surface area contributed by atoms with Crippen molar-refractivity contribution in [2.75, 3.05) is 13.2 Å². The highest BCUT2D eigenvalue weighted by Gasteiger charge is 2.20. The van der Waals surface area contributed by atoms with Crippen LogP contribution in [0, 0.1) is 5.92 Å². The van der Waals surface area contributed by atoms with Crippen molar-refractivity contribution in [2.45, 2.75) is 76.9 Å². The Morgan fingerprint density at radius 2 is 2.00 bits per heavy atom. The fraction of sp³-hybridized carbons (Fsp3) is 1.00. The third-order valence-corrected chi connectivity index (χ3v) is 4.44. The van der Waals surface area contributed by atoms with Gasteiger partial charge in [0, 0.05) is 19.2 Å². The molecule has 0 bridgehead atoms. The first-order valence-electron chi connectivity index (χ1n) is 7.73. The van der Waals surface area contributed by atoms with Crippen LogP contribution in [0.5, 0.6) is 0 Å². The number of hydrogen-bond donors (Lipinski definition) is 1. The Balaban J connectivity index is 1.63. The van der Waals surface area contributed by atoms with E-state index in [-0.39, 0.29) is 0 Å². The second-order valence-corrected chi connectivity index (χ2v) is 5.90. The second-order valence-electron chi connectivity index (χ2n) is 5.90. The zero-order valence-electron chi connectivity index (χ0n) is 11.4. The SMILES string of the molecule is CCCC1CCCC(NCC2CCCO2)CC1. The fourth-order valence-corrected chi connectivity index (χ4v) is 3.38. The predicted octanol–water partition coefficient (Wildman–Crippen LogP) is 3.50. The van der Waals surface area contributed by atoms with E-state index < -0.39 is 0 Å². The van der Waals surface area contributed by atoms with Crippen molar-refractivity contribution in [1.82, 2.24) is 5.32 Å². The van der Waals surface area contributed by atoms with Crippen molar-refractivity contribution >= 4 is 0 Å². The summed E-state index contributed by atoms with van der Waals surface area (Å²) in [5.41, 5.74) is 0. The van der Waals surface area contributed by atoms with E-state index in [1.807, 2.05) is 0 Å². The predicted molar refractivity (Wildman–Crippen MR) is 72.2 cm³/mol. The highest BCUT2D eigenvalue weighted by Crippen LogP contribution is 2.26. The van der Waals surface area contributed by atoms with Crippen LogP contribution in [0.4, 0.5) is 0 Å². The molecule has 1 N–H and O–H groups in total. The van der Waals surface area contributed by atoms with Crippen LogP contribution in [-0.2, 0) is 4.74 Å². The molecule has 2 nitrogen and oxygen atoms in total. The molecule has 1 aliphatic carbocycles. The molecule has 2 fully saturated rings. The number of rotatable bonds is 5. The summed E-state index contributed by atoms with van der Waals surface area (Å²) in [6, 6.07) is 0.765. The largest absolute Gasteiger partial charge is 0.377 e. The van der Waals surface area contributed by atoms with Crippen LogP contribution in [0.2, 0.25) is 0 Å². The summed E-state index contributed by atoms with van der Waals surface area (Å²) < 4.78 is 5.67. The molecule has 2 heteroatoms. The summed E-state index contributed by atoms with van der Waals surface area (Å²) in [6.45, 7) is 4.39. The standard InChI is InChI=1S/C15H29NO/c1-2-5-13-6-3-7-14(10-9-13)16-12-15-8-4-11-17-15/h13-16H,2-12H2,1H3. The Kier molecular flexibility index (Phi) is 5.79. The summed E-state index contributed by atoms with van der Waals surface area (Å²) in [5, 5.41) is 3.74. The van der Waals surface area contributed by atoms with Gasteiger partial charge >= 0.3 is 0 Å². The molecule has 0 aromatic rings. The van der Waals surface area contributed by atoms with Crippen LogP contribution < -0.4 is 5.32 Å². The van der Waals surface area contributed by atoms with Crippen LogP contribution in [0.15, 0.2) is 0 Å². The molecule has 2 rings (SSSR count). The topological polar surface area (TPSA) is 21.3 Å². The first-order valence-corrected chi connectivity index (χ1v) is 7.73. The maximum atomic E-state index is 5.67. The summed E-state index contributed by atoms with van der Waals surface area (Å²) in [6.07, 6.45) is 12.9. The Hall–Kier alpha value is -0.0800. The van der Waals surface area contributed by atoms with Gasteiger partial charge in [0.05, 0.1) is 6.10 Å². The lowest BCUT2D eigenvalue weighted by molar-refractivity contribution is 0.107.